The van der Waals surface area contributed by atoms with Crippen molar-refractivity contribution in [3.8, 4) is 17.2 Å². The molecule has 0 aliphatic heterocycles. The molecule has 0 fully saturated rings. The third-order valence-corrected chi connectivity index (χ3v) is 6.98. The average molecular weight is 575 g/mol. The van der Waals surface area contributed by atoms with Crippen LogP contribution in [0.3, 0.4) is 0 Å². The van der Waals surface area contributed by atoms with Crippen molar-refractivity contribution in [2.24, 2.45) is 0 Å². The summed E-state index contributed by atoms with van der Waals surface area (Å²) in [5, 5.41) is 16.9. The van der Waals surface area contributed by atoms with Crippen molar-refractivity contribution in [1.29, 1.82) is 0 Å². The highest BCUT2D eigenvalue weighted by Gasteiger charge is 2.28. The van der Waals surface area contributed by atoms with Crippen molar-refractivity contribution in [2.45, 2.75) is 51.2 Å². The summed E-state index contributed by atoms with van der Waals surface area (Å²) in [5.41, 5.74) is 3.26. The number of aliphatic hydroxyl groups excluding tert-OH is 1. The summed E-state index contributed by atoms with van der Waals surface area (Å²) in [6, 6.07) is 21.7. The monoisotopic (exact) mass is 574 g/mol. The van der Waals surface area contributed by atoms with Crippen molar-refractivity contribution < 1.29 is 28.9 Å². The number of amides is 2. The molecule has 8 nitrogen and oxygen atoms in total. The van der Waals surface area contributed by atoms with E-state index in [1.807, 2.05) is 72.8 Å². The summed E-state index contributed by atoms with van der Waals surface area (Å²) in [6.45, 7) is 2.40. The van der Waals surface area contributed by atoms with Gasteiger partial charge in [0.2, 0.25) is 5.91 Å². The number of carbonyl (C=O) groups is 2. The van der Waals surface area contributed by atoms with Crippen LogP contribution in [0.5, 0.6) is 17.2 Å². The quantitative estimate of drug-likeness (QED) is 0.214. The summed E-state index contributed by atoms with van der Waals surface area (Å²) in [6.07, 6.45) is 3.50. The molecule has 3 rings (SSSR count). The van der Waals surface area contributed by atoms with Crippen LogP contribution in [0.2, 0.25) is 0 Å². The number of nitrogens with one attached hydrogen (secondary N) is 2. The molecule has 0 heterocycles. The molecule has 224 valence electrons. The summed E-state index contributed by atoms with van der Waals surface area (Å²) >= 11 is 0. The number of ether oxygens (including phenoxy) is 3. The van der Waals surface area contributed by atoms with Crippen molar-refractivity contribution in [1.82, 2.24) is 10.6 Å². The van der Waals surface area contributed by atoms with Gasteiger partial charge >= 0.3 is 0 Å². The van der Waals surface area contributed by atoms with Crippen LogP contribution in [-0.4, -0.2) is 56.9 Å². The van der Waals surface area contributed by atoms with Gasteiger partial charge in [0.1, 0.15) is 5.75 Å². The zero-order chi connectivity index (χ0) is 30.3. The summed E-state index contributed by atoms with van der Waals surface area (Å²) in [5.74, 6) is 1.05. The maximum absolute atomic E-state index is 13.6. The molecule has 2 amide bonds. The normalized spacial score (nSPS) is 12.6. The van der Waals surface area contributed by atoms with E-state index in [2.05, 4.69) is 17.6 Å². The third kappa shape index (κ3) is 9.66. The Morgan fingerprint density at radius 1 is 0.881 bits per heavy atom. The van der Waals surface area contributed by atoms with Crippen LogP contribution in [0.4, 0.5) is 0 Å². The van der Waals surface area contributed by atoms with Crippen molar-refractivity contribution in [3.05, 3.63) is 95.1 Å². The highest BCUT2D eigenvalue weighted by Crippen LogP contribution is 2.29. The molecule has 3 aromatic carbocycles. The molecular formula is C34H42N2O6. The molecule has 3 aromatic rings. The predicted octanol–water partition coefficient (Wildman–Crippen LogP) is 4.73. The molecule has 2 atom stereocenters. The van der Waals surface area contributed by atoms with Gasteiger partial charge in [-0.2, -0.15) is 0 Å². The van der Waals surface area contributed by atoms with Gasteiger partial charge < -0.3 is 30.0 Å². The number of unbranched alkanes of at least 4 members (excludes halogenated alkanes) is 1. The number of hydrogen-bond acceptors (Lipinski definition) is 6. The van der Waals surface area contributed by atoms with E-state index in [1.54, 1.807) is 27.4 Å². The highest BCUT2D eigenvalue weighted by atomic mass is 16.5. The van der Waals surface area contributed by atoms with E-state index in [9.17, 15) is 14.7 Å². The van der Waals surface area contributed by atoms with Gasteiger partial charge in [-0.3, -0.25) is 9.59 Å². The van der Waals surface area contributed by atoms with Gasteiger partial charge in [0, 0.05) is 12.1 Å². The maximum Gasteiger partial charge on any atom is 0.251 e. The Hall–Kier alpha value is -4.30. The largest absolute Gasteiger partial charge is 0.497 e. The Morgan fingerprint density at radius 3 is 2.24 bits per heavy atom. The standard InChI is InChI=1S/C34H42N2O6/c1-5-6-12-27(21-26-15-18-30(41-3)31(23-26)42-4)33(38)36-29(22-25-10-8-7-9-11-25)32(37)34(39)35-20-19-24-13-16-28(40-2)17-14-24/h7-11,13-18,21,23,29,32,37H,5-6,12,19-20,22H2,1-4H3,(H,35,39)(H,36,38)/b27-21+/t29-,32?/m0/s1. The van der Waals surface area contributed by atoms with Gasteiger partial charge in [-0.15, -0.1) is 0 Å². The van der Waals surface area contributed by atoms with Gasteiger partial charge in [0.15, 0.2) is 17.6 Å². The van der Waals surface area contributed by atoms with Crippen LogP contribution in [0, 0.1) is 0 Å². The Labute approximate surface area is 248 Å². The van der Waals surface area contributed by atoms with Crippen molar-refractivity contribution in [2.75, 3.05) is 27.9 Å². The molecular weight excluding hydrogens is 532 g/mol. The predicted molar refractivity (Wildman–Crippen MR) is 165 cm³/mol. The van der Waals surface area contributed by atoms with E-state index in [1.165, 1.54) is 0 Å². The molecule has 0 saturated carbocycles. The minimum absolute atomic E-state index is 0.289. The molecule has 0 saturated heterocycles. The van der Waals surface area contributed by atoms with E-state index in [-0.39, 0.29) is 12.3 Å². The first-order valence-electron chi connectivity index (χ1n) is 14.2. The smallest absolute Gasteiger partial charge is 0.251 e. The zero-order valence-electron chi connectivity index (χ0n) is 24.9. The van der Waals surface area contributed by atoms with Crippen molar-refractivity contribution in [3.63, 3.8) is 0 Å². The number of rotatable bonds is 16. The molecule has 42 heavy (non-hydrogen) atoms. The summed E-state index contributed by atoms with van der Waals surface area (Å²) in [7, 11) is 4.74. The second-order valence-electron chi connectivity index (χ2n) is 9.99. The number of aliphatic hydroxyl groups is 1. The van der Waals surface area contributed by atoms with Crippen LogP contribution >= 0.6 is 0 Å². The molecule has 0 radical (unpaired) electrons. The van der Waals surface area contributed by atoms with Gasteiger partial charge in [-0.25, -0.2) is 0 Å². The van der Waals surface area contributed by atoms with E-state index in [0.717, 1.165) is 35.3 Å². The van der Waals surface area contributed by atoms with E-state index >= 15 is 0 Å². The molecule has 0 aliphatic rings. The van der Waals surface area contributed by atoms with Gasteiger partial charge in [0.05, 0.1) is 27.4 Å². The van der Waals surface area contributed by atoms with Gasteiger partial charge in [-0.1, -0.05) is 61.9 Å². The fraction of sp³-hybridized carbons (Fsp3) is 0.353. The first kappa shape index (κ1) is 32.2. The second-order valence-corrected chi connectivity index (χ2v) is 9.99. The lowest BCUT2D eigenvalue weighted by Crippen LogP contribution is -2.52. The lowest BCUT2D eigenvalue weighted by molar-refractivity contribution is -0.131. The molecule has 3 N–H and O–H groups in total. The van der Waals surface area contributed by atoms with Crippen LogP contribution in [-0.2, 0) is 22.4 Å². The van der Waals surface area contributed by atoms with Crippen LogP contribution < -0.4 is 24.8 Å². The number of hydrogen-bond donors (Lipinski definition) is 3. The number of methoxy groups -OCH3 is 3. The fourth-order valence-electron chi connectivity index (χ4n) is 4.54. The first-order valence-corrected chi connectivity index (χ1v) is 14.2. The Morgan fingerprint density at radius 2 is 1.60 bits per heavy atom. The van der Waals surface area contributed by atoms with E-state index in [0.29, 0.717) is 36.5 Å². The summed E-state index contributed by atoms with van der Waals surface area (Å²) in [4.78, 5) is 26.7. The number of benzene rings is 3. The molecule has 0 spiro atoms. The topological polar surface area (TPSA) is 106 Å². The van der Waals surface area contributed by atoms with E-state index in [4.69, 9.17) is 14.2 Å². The SMILES string of the molecule is CCCC/C(=C\c1ccc(OC)c(OC)c1)C(=O)N[C@@H](Cc1ccccc1)C(O)C(=O)NCCc1ccc(OC)cc1. The summed E-state index contributed by atoms with van der Waals surface area (Å²) < 4.78 is 15.9. The second kappa shape index (κ2) is 16.8. The lowest BCUT2D eigenvalue weighted by atomic mass is 9.98. The average Bonchev–Trinajstić information content (AvgIpc) is 3.02. The van der Waals surface area contributed by atoms with Crippen molar-refractivity contribution >= 4 is 17.9 Å². The van der Waals surface area contributed by atoms with Gasteiger partial charge in [0.25, 0.3) is 5.91 Å². The molecule has 0 aliphatic carbocycles. The third-order valence-electron chi connectivity index (χ3n) is 6.98. The van der Waals surface area contributed by atoms with Crippen LogP contribution in [0.25, 0.3) is 6.08 Å². The lowest BCUT2D eigenvalue weighted by Gasteiger charge is -2.24. The Kier molecular flexibility index (Phi) is 12.9. The van der Waals surface area contributed by atoms with E-state index < -0.39 is 18.1 Å². The minimum atomic E-state index is -1.45. The fourth-order valence-corrected chi connectivity index (χ4v) is 4.54. The molecule has 1 unspecified atom stereocenters. The zero-order valence-corrected chi connectivity index (χ0v) is 24.9. The van der Waals surface area contributed by atoms with Gasteiger partial charge in [-0.05, 0) is 72.7 Å². The Bertz CT molecular complexity index is 1310. The highest BCUT2D eigenvalue weighted by molar-refractivity contribution is 5.98. The first-order chi connectivity index (χ1) is 20.4. The maximum atomic E-state index is 13.6. The molecule has 0 aromatic heterocycles. The molecule has 8 heteroatoms. The molecule has 0 bridgehead atoms. The Balaban J connectivity index is 1.77. The minimum Gasteiger partial charge on any atom is -0.497 e. The number of carbonyl (C=O) groups excluding carboxylic acids is 2. The van der Waals surface area contributed by atoms with Crippen LogP contribution in [0.15, 0.2) is 78.4 Å². The van der Waals surface area contributed by atoms with Crippen LogP contribution in [0.1, 0.15) is 42.9 Å².